The molecule has 0 aliphatic heterocycles. The van der Waals surface area contributed by atoms with Crippen LogP contribution in [0.5, 0.6) is 0 Å². The fraction of sp³-hybridized carbons (Fsp3) is 0.200. The van der Waals surface area contributed by atoms with Gasteiger partial charge in [-0.1, -0.05) is 82.7 Å². The van der Waals surface area contributed by atoms with Crippen LogP contribution in [0.2, 0.25) is 0 Å². The number of hydrogen-bond donors (Lipinski definition) is 2. The van der Waals surface area contributed by atoms with Gasteiger partial charge in [-0.05, 0) is 40.3 Å². The Morgan fingerprint density at radius 2 is 1.48 bits per heavy atom. The third kappa shape index (κ3) is 4.27. The molecule has 0 saturated carbocycles. The van der Waals surface area contributed by atoms with Gasteiger partial charge in [-0.2, -0.15) is 0 Å². The van der Waals surface area contributed by atoms with Gasteiger partial charge in [-0.15, -0.1) is 0 Å². The first kappa shape index (κ1) is 21.3. The minimum atomic E-state index is -1.45. The van der Waals surface area contributed by atoms with E-state index in [0.29, 0.717) is 0 Å². The van der Waals surface area contributed by atoms with E-state index < -0.39 is 23.9 Å². The highest BCUT2D eigenvalue weighted by Gasteiger charge is 2.36. The molecule has 6 heteroatoms. The number of aliphatic carboxylic acids is 1. The zero-order valence-corrected chi connectivity index (χ0v) is 18.3. The standard InChI is InChI=1S/C25H22BrNO4/c26-21-12-6-1-7-15(21)13-22(27)23(24(28)29)25(30)31-14-20-18-10-4-2-8-16(18)17-9-3-5-11-19(17)20/h1-12,20,22-23H,13-14,27H2,(H,28,29). The topological polar surface area (TPSA) is 89.6 Å². The third-order valence-electron chi connectivity index (χ3n) is 5.72. The van der Waals surface area contributed by atoms with E-state index in [2.05, 4.69) is 15.9 Å². The van der Waals surface area contributed by atoms with Gasteiger partial charge >= 0.3 is 11.9 Å². The van der Waals surface area contributed by atoms with Crippen LogP contribution >= 0.6 is 15.9 Å². The third-order valence-corrected chi connectivity index (χ3v) is 6.49. The van der Waals surface area contributed by atoms with Gasteiger partial charge < -0.3 is 15.6 Å². The van der Waals surface area contributed by atoms with Crippen molar-refractivity contribution in [2.45, 2.75) is 18.4 Å². The van der Waals surface area contributed by atoms with Gasteiger partial charge in [0.05, 0.1) is 0 Å². The molecule has 1 aliphatic rings. The predicted molar refractivity (Wildman–Crippen MR) is 122 cm³/mol. The molecule has 2 atom stereocenters. The summed E-state index contributed by atoms with van der Waals surface area (Å²) in [6.07, 6.45) is 0.239. The zero-order valence-electron chi connectivity index (χ0n) is 16.7. The molecule has 0 fully saturated rings. The van der Waals surface area contributed by atoms with Gasteiger partial charge in [0.15, 0.2) is 5.92 Å². The number of carbonyl (C=O) groups excluding carboxylic acids is 1. The Balaban J connectivity index is 1.50. The summed E-state index contributed by atoms with van der Waals surface area (Å²) < 4.78 is 6.36. The number of carboxylic acid groups (broad SMARTS) is 1. The Kier molecular flexibility index (Phi) is 6.20. The van der Waals surface area contributed by atoms with Crippen molar-refractivity contribution in [3.63, 3.8) is 0 Å². The summed E-state index contributed by atoms with van der Waals surface area (Å²) in [5.74, 6) is -3.67. The van der Waals surface area contributed by atoms with Gasteiger partial charge in [0.25, 0.3) is 0 Å². The second-order valence-corrected chi connectivity index (χ2v) is 8.49. The Bertz CT molecular complexity index is 1080. The van der Waals surface area contributed by atoms with Gasteiger partial charge in [0, 0.05) is 16.4 Å². The highest BCUT2D eigenvalue weighted by atomic mass is 79.9. The van der Waals surface area contributed by atoms with E-state index in [9.17, 15) is 14.7 Å². The van der Waals surface area contributed by atoms with E-state index >= 15 is 0 Å². The molecular formula is C25H22BrNO4. The number of carboxylic acids is 1. The zero-order chi connectivity index (χ0) is 22.0. The van der Waals surface area contributed by atoms with E-state index in [-0.39, 0.29) is 18.9 Å². The number of ether oxygens (including phenoxy) is 1. The summed E-state index contributed by atoms with van der Waals surface area (Å²) in [5.41, 5.74) is 11.4. The molecule has 3 aromatic carbocycles. The molecule has 0 radical (unpaired) electrons. The van der Waals surface area contributed by atoms with Crippen molar-refractivity contribution in [2.75, 3.05) is 6.61 Å². The second-order valence-electron chi connectivity index (χ2n) is 7.63. The van der Waals surface area contributed by atoms with Crippen LogP contribution in [-0.2, 0) is 20.7 Å². The van der Waals surface area contributed by atoms with Crippen LogP contribution in [0.15, 0.2) is 77.3 Å². The van der Waals surface area contributed by atoms with Crippen molar-refractivity contribution in [3.8, 4) is 11.1 Å². The number of rotatable bonds is 7. The minimum absolute atomic E-state index is 0.0678. The predicted octanol–water partition coefficient (Wildman–Crippen LogP) is 4.38. The van der Waals surface area contributed by atoms with Crippen LogP contribution in [0.3, 0.4) is 0 Å². The average molecular weight is 480 g/mol. The first-order valence-electron chi connectivity index (χ1n) is 10.0. The molecule has 4 rings (SSSR count). The Morgan fingerprint density at radius 3 is 2.06 bits per heavy atom. The molecule has 0 aromatic heterocycles. The maximum atomic E-state index is 12.8. The number of hydrogen-bond acceptors (Lipinski definition) is 4. The number of benzene rings is 3. The number of carbonyl (C=O) groups is 2. The van der Waals surface area contributed by atoms with Crippen molar-refractivity contribution >= 4 is 27.9 Å². The molecular weight excluding hydrogens is 458 g/mol. The minimum Gasteiger partial charge on any atom is -0.481 e. The maximum absolute atomic E-state index is 12.8. The molecule has 0 amide bonds. The SMILES string of the molecule is NC(Cc1ccccc1Br)C(C(=O)O)C(=O)OCC1c2ccccc2-c2ccccc21. The lowest BCUT2D eigenvalue weighted by molar-refractivity contribution is -0.159. The molecule has 0 spiro atoms. The van der Waals surface area contributed by atoms with Crippen molar-refractivity contribution < 1.29 is 19.4 Å². The molecule has 0 bridgehead atoms. The molecule has 0 heterocycles. The second kappa shape index (κ2) is 9.04. The fourth-order valence-electron chi connectivity index (χ4n) is 4.19. The van der Waals surface area contributed by atoms with Crippen LogP contribution in [0.4, 0.5) is 0 Å². The fourth-order valence-corrected chi connectivity index (χ4v) is 4.64. The van der Waals surface area contributed by atoms with Gasteiger partial charge in [-0.3, -0.25) is 9.59 Å². The van der Waals surface area contributed by atoms with Crippen LogP contribution < -0.4 is 5.73 Å². The Hall–Kier alpha value is -2.96. The van der Waals surface area contributed by atoms with Gasteiger partial charge in [-0.25, -0.2) is 0 Å². The molecule has 0 saturated heterocycles. The lowest BCUT2D eigenvalue weighted by atomic mass is 9.94. The Labute approximate surface area is 189 Å². The molecule has 3 N–H and O–H groups in total. The van der Waals surface area contributed by atoms with Crippen molar-refractivity contribution in [1.29, 1.82) is 0 Å². The van der Waals surface area contributed by atoms with Crippen LogP contribution in [0, 0.1) is 5.92 Å². The van der Waals surface area contributed by atoms with E-state index in [1.54, 1.807) is 0 Å². The molecule has 3 aromatic rings. The molecule has 1 aliphatic carbocycles. The van der Waals surface area contributed by atoms with E-state index in [1.807, 2.05) is 72.8 Å². The molecule has 31 heavy (non-hydrogen) atoms. The first-order chi connectivity index (χ1) is 15.0. The highest BCUT2D eigenvalue weighted by Crippen LogP contribution is 2.44. The van der Waals surface area contributed by atoms with E-state index in [4.69, 9.17) is 10.5 Å². The normalized spacial score (nSPS) is 14.4. The Morgan fingerprint density at radius 1 is 0.935 bits per heavy atom. The van der Waals surface area contributed by atoms with Gasteiger partial charge in [0.1, 0.15) is 6.61 Å². The van der Waals surface area contributed by atoms with Crippen LogP contribution in [0.1, 0.15) is 22.6 Å². The van der Waals surface area contributed by atoms with Crippen molar-refractivity contribution in [3.05, 3.63) is 94.0 Å². The lowest BCUT2D eigenvalue weighted by Gasteiger charge is -2.21. The summed E-state index contributed by atoms with van der Waals surface area (Å²) >= 11 is 3.43. The van der Waals surface area contributed by atoms with Gasteiger partial charge in [0.2, 0.25) is 0 Å². The summed E-state index contributed by atoms with van der Waals surface area (Å²) in [4.78, 5) is 24.6. The molecule has 2 unspecified atom stereocenters. The molecule has 158 valence electrons. The first-order valence-corrected chi connectivity index (χ1v) is 10.8. The average Bonchev–Trinajstić information content (AvgIpc) is 3.07. The van der Waals surface area contributed by atoms with E-state index in [1.165, 1.54) is 0 Å². The smallest absolute Gasteiger partial charge is 0.321 e. The number of nitrogens with two attached hydrogens (primary N) is 1. The van der Waals surface area contributed by atoms with Crippen molar-refractivity contribution in [1.82, 2.24) is 0 Å². The number of halogens is 1. The highest BCUT2D eigenvalue weighted by molar-refractivity contribution is 9.10. The number of fused-ring (bicyclic) bond motifs is 3. The van der Waals surface area contributed by atoms with Crippen molar-refractivity contribution in [2.24, 2.45) is 11.7 Å². The summed E-state index contributed by atoms with van der Waals surface area (Å²) in [6.45, 7) is 0.0678. The van der Waals surface area contributed by atoms with Crippen LogP contribution in [0.25, 0.3) is 11.1 Å². The largest absolute Gasteiger partial charge is 0.481 e. The van der Waals surface area contributed by atoms with Crippen LogP contribution in [-0.4, -0.2) is 29.7 Å². The summed E-state index contributed by atoms with van der Waals surface area (Å²) in [6, 6.07) is 22.5. The van der Waals surface area contributed by atoms with E-state index in [0.717, 1.165) is 32.3 Å². The quantitative estimate of drug-likeness (QED) is 0.387. The molecule has 5 nitrogen and oxygen atoms in total. The summed E-state index contributed by atoms with van der Waals surface area (Å²) in [7, 11) is 0. The lowest BCUT2D eigenvalue weighted by Crippen LogP contribution is -2.43. The monoisotopic (exact) mass is 479 g/mol. The number of esters is 1. The summed E-state index contributed by atoms with van der Waals surface area (Å²) in [5, 5.41) is 9.68. The maximum Gasteiger partial charge on any atom is 0.321 e.